The lowest BCUT2D eigenvalue weighted by Gasteiger charge is -2.36. The summed E-state index contributed by atoms with van der Waals surface area (Å²) in [4.78, 5) is 30.9. The summed E-state index contributed by atoms with van der Waals surface area (Å²) in [5.74, 6) is 1.14. The van der Waals surface area contributed by atoms with Gasteiger partial charge < -0.3 is 10.2 Å². The Morgan fingerprint density at radius 1 is 1.32 bits per heavy atom. The highest BCUT2D eigenvalue weighted by Gasteiger charge is 2.33. The second-order valence-electron chi connectivity index (χ2n) is 7.62. The van der Waals surface area contributed by atoms with E-state index in [1.807, 2.05) is 13.8 Å². The monoisotopic (exact) mass is 363 g/mol. The number of carbonyl (C=O) groups excluding carboxylic acids is 2. The fraction of sp³-hybridized carbons (Fsp3) is 0.737. The Hall–Kier alpha value is -1.43. The van der Waals surface area contributed by atoms with Crippen LogP contribution < -0.4 is 5.32 Å². The van der Waals surface area contributed by atoms with E-state index in [1.54, 1.807) is 11.3 Å². The van der Waals surface area contributed by atoms with E-state index in [4.69, 9.17) is 4.98 Å². The molecule has 0 spiro atoms. The van der Waals surface area contributed by atoms with Crippen molar-refractivity contribution in [1.82, 2.24) is 15.2 Å². The summed E-state index contributed by atoms with van der Waals surface area (Å²) < 4.78 is 0. The summed E-state index contributed by atoms with van der Waals surface area (Å²) in [6, 6.07) is 0. The first-order chi connectivity index (χ1) is 12.0. The predicted molar refractivity (Wildman–Crippen MR) is 99.6 cm³/mol. The van der Waals surface area contributed by atoms with Crippen LogP contribution in [-0.4, -0.2) is 41.3 Å². The fourth-order valence-electron chi connectivity index (χ4n) is 3.44. The van der Waals surface area contributed by atoms with Crippen molar-refractivity contribution in [2.45, 2.75) is 58.3 Å². The third-order valence-corrected chi connectivity index (χ3v) is 6.37. The van der Waals surface area contributed by atoms with E-state index in [-0.39, 0.29) is 17.7 Å². The molecular formula is C19H29N3O2S. The Bertz CT molecular complexity index is 610. The Morgan fingerprint density at radius 3 is 2.80 bits per heavy atom. The van der Waals surface area contributed by atoms with Crippen molar-refractivity contribution in [3.63, 3.8) is 0 Å². The number of amides is 2. The first-order valence-corrected chi connectivity index (χ1v) is 10.4. The molecule has 138 valence electrons. The molecule has 6 heteroatoms. The molecule has 1 aliphatic heterocycles. The van der Waals surface area contributed by atoms with E-state index >= 15 is 0 Å². The molecule has 1 N–H and O–H groups in total. The molecule has 0 radical (unpaired) electrons. The van der Waals surface area contributed by atoms with Gasteiger partial charge in [0, 0.05) is 49.2 Å². The van der Waals surface area contributed by atoms with E-state index < -0.39 is 0 Å². The molecule has 2 fully saturated rings. The van der Waals surface area contributed by atoms with Crippen LogP contribution in [0.4, 0.5) is 0 Å². The molecule has 2 aliphatic rings. The van der Waals surface area contributed by atoms with Crippen LogP contribution in [0.1, 0.15) is 62.6 Å². The number of rotatable bonds is 6. The van der Waals surface area contributed by atoms with Gasteiger partial charge in [0.25, 0.3) is 0 Å². The molecule has 2 amide bonds. The van der Waals surface area contributed by atoms with Crippen LogP contribution >= 0.6 is 11.3 Å². The molecule has 2 heterocycles. The molecule has 3 rings (SSSR count). The number of aromatic nitrogens is 1. The number of nitrogens with zero attached hydrogens (tertiary/aromatic N) is 2. The lowest BCUT2D eigenvalue weighted by atomic mass is 9.83. The third kappa shape index (κ3) is 4.60. The normalized spacial score (nSPS) is 21.2. The van der Waals surface area contributed by atoms with Crippen LogP contribution in [-0.2, 0) is 16.0 Å². The van der Waals surface area contributed by atoms with Crippen molar-refractivity contribution in [3.05, 3.63) is 16.1 Å². The molecule has 5 nitrogen and oxygen atoms in total. The van der Waals surface area contributed by atoms with Gasteiger partial charge in [-0.05, 0) is 25.7 Å². The summed E-state index contributed by atoms with van der Waals surface area (Å²) in [5.41, 5.74) is 1.05. The predicted octanol–water partition coefficient (Wildman–Crippen LogP) is 2.96. The van der Waals surface area contributed by atoms with E-state index in [0.29, 0.717) is 18.4 Å². The van der Waals surface area contributed by atoms with Crippen LogP contribution in [0.15, 0.2) is 5.38 Å². The minimum Gasteiger partial charge on any atom is -0.355 e. The second-order valence-corrected chi connectivity index (χ2v) is 8.51. The van der Waals surface area contributed by atoms with Crippen LogP contribution in [0, 0.1) is 11.8 Å². The van der Waals surface area contributed by atoms with Gasteiger partial charge in [0.2, 0.25) is 11.8 Å². The molecule has 1 atom stereocenters. The highest BCUT2D eigenvalue weighted by atomic mass is 32.1. The number of nitrogens with one attached hydrogen (secondary N) is 1. The van der Waals surface area contributed by atoms with Crippen molar-refractivity contribution >= 4 is 23.2 Å². The number of hydrogen-bond donors (Lipinski definition) is 1. The van der Waals surface area contributed by atoms with Crippen LogP contribution in [0.3, 0.4) is 0 Å². The molecule has 1 aromatic heterocycles. The maximum Gasteiger partial charge on any atom is 0.225 e. The first-order valence-electron chi connectivity index (χ1n) is 9.55. The molecular weight excluding hydrogens is 334 g/mol. The minimum atomic E-state index is 0.0208. The van der Waals surface area contributed by atoms with Crippen molar-refractivity contribution < 1.29 is 9.59 Å². The molecule has 0 bridgehead atoms. The maximum atomic E-state index is 12.5. The minimum absolute atomic E-state index is 0.0208. The molecule has 1 aromatic rings. The van der Waals surface area contributed by atoms with Crippen LogP contribution in [0.25, 0.3) is 0 Å². The number of piperidine rings is 1. The average molecular weight is 364 g/mol. The lowest BCUT2D eigenvalue weighted by Crippen LogP contribution is -2.44. The zero-order chi connectivity index (χ0) is 17.8. The SMILES string of the molecule is CC(C)C(=O)NCCc1csc(C2CCCN(C(=O)C3CCC3)C2)n1. The van der Waals surface area contributed by atoms with Crippen LogP contribution in [0.5, 0.6) is 0 Å². The third-order valence-electron chi connectivity index (χ3n) is 5.31. The molecule has 1 unspecified atom stereocenters. The van der Waals surface area contributed by atoms with Gasteiger partial charge in [-0.15, -0.1) is 11.3 Å². The van der Waals surface area contributed by atoms with Gasteiger partial charge in [-0.25, -0.2) is 4.98 Å². The van der Waals surface area contributed by atoms with E-state index in [9.17, 15) is 9.59 Å². The Kier molecular flexibility index (Phi) is 6.10. The number of hydrogen-bond acceptors (Lipinski definition) is 4. The Labute approximate surface area is 154 Å². The molecule has 25 heavy (non-hydrogen) atoms. The highest BCUT2D eigenvalue weighted by molar-refractivity contribution is 7.09. The molecule has 1 aliphatic carbocycles. The number of thiazole rings is 1. The molecule has 0 aromatic carbocycles. The zero-order valence-corrected chi connectivity index (χ0v) is 16.1. The maximum absolute atomic E-state index is 12.5. The summed E-state index contributed by atoms with van der Waals surface area (Å²) in [7, 11) is 0. The van der Waals surface area contributed by atoms with Crippen molar-refractivity contribution in [2.75, 3.05) is 19.6 Å². The first kappa shape index (κ1) is 18.4. The summed E-state index contributed by atoms with van der Waals surface area (Å²) in [6.45, 7) is 6.17. The van der Waals surface area contributed by atoms with Crippen LogP contribution in [0.2, 0.25) is 0 Å². The van der Waals surface area contributed by atoms with Gasteiger partial charge >= 0.3 is 0 Å². The van der Waals surface area contributed by atoms with Gasteiger partial charge in [0.05, 0.1) is 10.7 Å². The average Bonchev–Trinajstić information content (AvgIpc) is 3.02. The van der Waals surface area contributed by atoms with E-state index in [0.717, 1.165) is 55.9 Å². The van der Waals surface area contributed by atoms with Crippen molar-refractivity contribution in [3.8, 4) is 0 Å². The molecule has 1 saturated carbocycles. The molecule has 1 saturated heterocycles. The Balaban J connectivity index is 1.51. The van der Waals surface area contributed by atoms with Gasteiger partial charge in [0.15, 0.2) is 0 Å². The Morgan fingerprint density at radius 2 is 2.12 bits per heavy atom. The quantitative estimate of drug-likeness (QED) is 0.845. The van der Waals surface area contributed by atoms with Crippen molar-refractivity contribution in [1.29, 1.82) is 0 Å². The summed E-state index contributed by atoms with van der Waals surface area (Å²) in [5, 5.41) is 6.19. The summed E-state index contributed by atoms with van der Waals surface area (Å²) >= 11 is 1.70. The summed E-state index contributed by atoms with van der Waals surface area (Å²) in [6.07, 6.45) is 6.31. The largest absolute Gasteiger partial charge is 0.355 e. The van der Waals surface area contributed by atoms with Gasteiger partial charge in [-0.2, -0.15) is 0 Å². The number of carbonyl (C=O) groups is 2. The highest BCUT2D eigenvalue weighted by Crippen LogP contribution is 2.33. The van der Waals surface area contributed by atoms with Gasteiger partial charge in [-0.1, -0.05) is 20.3 Å². The fourth-order valence-corrected chi connectivity index (χ4v) is 4.42. The lowest BCUT2D eigenvalue weighted by molar-refractivity contribution is -0.139. The van der Waals surface area contributed by atoms with E-state index in [2.05, 4.69) is 15.6 Å². The van der Waals surface area contributed by atoms with Gasteiger partial charge in [0.1, 0.15) is 0 Å². The zero-order valence-electron chi connectivity index (χ0n) is 15.3. The standard InChI is InChI=1S/C19H29N3O2S/c1-13(2)17(23)20-9-8-16-12-25-18(21-16)15-7-4-10-22(11-15)19(24)14-5-3-6-14/h12-15H,3-11H2,1-2H3,(H,20,23). The van der Waals surface area contributed by atoms with E-state index in [1.165, 1.54) is 6.42 Å². The van der Waals surface area contributed by atoms with Gasteiger partial charge in [-0.3, -0.25) is 9.59 Å². The topological polar surface area (TPSA) is 62.3 Å². The second kappa shape index (κ2) is 8.30. The smallest absolute Gasteiger partial charge is 0.225 e. The number of likely N-dealkylation sites (tertiary alicyclic amines) is 1. The van der Waals surface area contributed by atoms with Crippen molar-refractivity contribution in [2.24, 2.45) is 11.8 Å².